The first-order chi connectivity index (χ1) is 8.52. The molecule has 0 bridgehead atoms. The number of rotatable bonds is 3. The minimum Gasteiger partial charge on any atom is -0.305 e. The Morgan fingerprint density at radius 2 is 2.28 bits per heavy atom. The molecular formula is C12H12BrIN2OS. The van der Waals surface area contributed by atoms with Gasteiger partial charge in [0.1, 0.15) is 0 Å². The third kappa shape index (κ3) is 2.85. The maximum absolute atomic E-state index is 11.9. The number of hydrogen-bond acceptors (Lipinski definition) is 3. The highest BCUT2D eigenvalue weighted by atomic mass is 127. The summed E-state index contributed by atoms with van der Waals surface area (Å²) in [6, 6.07) is 2.00. The van der Waals surface area contributed by atoms with Crippen LogP contribution in [-0.2, 0) is 6.42 Å². The predicted octanol–water partition coefficient (Wildman–Crippen LogP) is 4.13. The third-order valence-corrected chi connectivity index (χ3v) is 5.76. The molecule has 2 rings (SSSR count). The van der Waals surface area contributed by atoms with Crippen LogP contribution in [-0.4, -0.2) is 9.97 Å². The summed E-state index contributed by atoms with van der Waals surface area (Å²) in [5.41, 5.74) is 0.838. The van der Waals surface area contributed by atoms with Crippen molar-refractivity contribution in [3.8, 4) is 10.7 Å². The van der Waals surface area contributed by atoms with Crippen molar-refractivity contribution >= 4 is 49.9 Å². The van der Waals surface area contributed by atoms with Crippen LogP contribution in [0, 0.1) is 10.5 Å². The average Bonchev–Trinajstić information content (AvgIpc) is 2.65. The maximum Gasteiger partial charge on any atom is 0.264 e. The van der Waals surface area contributed by atoms with Crippen molar-refractivity contribution < 1.29 is 0 Å². The largest absolute Gasteiger partial charge is 0.305 e. The average molecular weight is 439 g/mol. The molecule has 6 heteroatoms. The molecule has 0 aliphatic rings. The van der Waals surface area contributed by atoms with Gasteiger partial charge in [0.05, 0.1) is 14.1 Å². The molecule has 0 saturated carbocycles. The second-order valence-corrected chi connectivity index (χ2v) is 7.13. The molecule has 0 fully saturated rings. The Labute approximate surface area is 131 Å². The fourth-order valence-electron chi connectivity index (χ4n) is 1.60. The number of aromatic amines is 1. The SMILES string of the molecule is CCCc1nc(-c2cc(Br)c(C)s2)[nH]c(=O)c1I. The van der Waals surface area contributed by atoms with E-state index in [1.165, 1.54) is 4.88 Å². The van der Waals surface area contributed by atoms with E-state index in [0.717, 1.165) is 27.9 Å². The topological polar surface area (TPSA) is 45.8 Å². The van der Waals surface area contributed by atoms with Gasteiger partial charge in [0.2, 0.25) is 0 Å². The molecule has 0 aliphatic carbocycles. The number of aromatic nitrogens is 2. The van der Waals surface area contributed by atoms with E-state index in [-0.39, 0.29) is 5.56 Å². The highest BCUT2D eigenvalue weighted by Gasteiger charge is 2.12. The van der Waals surface area contributed by atoms with Gasteiger partial charge in [-0.2, -0.15) is 0 Å². The molecule has 0 unspecified atom stereocenters. The smallest absolute Gasteiger partial charge is 0.264 e. The van der Waals surface area contributed by atoms with Gasteiger partial charge >= 0.3 is 0 Å². The number of aryl methyl sites for hydroxylation is 2. The molecule has 0 atom stereocenters. The van der Waals surface area contributed by atoms with Crippen molar-refractivity contribution in [3.63, 3.8) is 0 Å². The van der Waals surface area contributed by atoms with Gasteiger partial charge in [0.15, 0.2) is 5.82 Å². The second-order valence-electron chi connectivity index (χ2n) is 3.94. The lowest BCUT2D eigenvalue weighted by Gasteiger charge is -2.04. The van der Waals surface area contributed by atoms with E-state index in [1.54, 1.807) is 11.3 Å². The monoisotopic (exact) mass is 438 g/mol. The van der Waals surface area contributed by atoms with Crippen LogP contribution in [0.15, 0.2) is 15.3 Å². The van der Waals surface area contributed by atoms with Gasteiger partial charge < -0.3 is 4.98 Å². The zero-order valence-electron chi connectivity index (χ0n) is 10.0. The van der Waals surface area contributed by atoms with Gasteiger partial charge in [-0.3, -0.25) is 4.79 Å². The van der Waals surface area contributed by atoms with Crippen molar-refractivity contribution in [2.75, 3.05) is 0 Å². The molecule has 2 heterocycles. The van der Waals surface area contributed by atoms with Crippen molar-refractivity contribution in [1.82, 2.24) is 9.97 Å². The standard InChI is InChI=1S/C12H12BrIN2OS/c1-3-4-8-10(14)12(17)16-11(15-8)9-5-7(13)6(2)18-9/h5H,3-4H2,1-2H3,(H,15,16,17). The van der Waals surface area contributed by atoms with Crippen LogP contribution in [0.4, 0.5) is 0 Å². The zero-order valence-corrected chi connectivity index (χ0v) is 14.6. The van der Waals surface area contributed by atoms with Gasteiger partial charge in [-0.15, -0.1) is 11.3 Å². The summed E-state index contributed by atoms with van der Waals surface area (Å²) in [7, 11) is 0. The fraction of sp³-hybridized carbons (Fsp3) is 0.333. The molecule has 0 aliphatic heterocycles. The van der Waals surface area contributed by atoms with Crippen LogP contribution < -0.4 is 5.56 Å². The Morgan fingerprint density at radius 3 is 2.83 bits per heavy atom. The van der Waals surface area contributed by atoms with E-state index in [2.05, 4.69) is 55.4 Å². The number of thiophene rings is 1. The van der Waals surface area contributed by atoms with Gasteiger partial charge in [-0.1, -0.05) is 13.3 Å². The lowest BCUT2D eigenvalue weighted by molar-refractivity contribution is 0.861. The number of halogens is 2. The van der Waals surface area contributed by atoms with E-state index in [0.29, 0.717) is 9.39 Å². The molecule has 2 aromatic heterocycles. The van der Waals surface area contributed by atoms with Crippen LogP contribution in [0.1, 0.15) is 23.9 Å². The van der Waals surface area contributed by atoms with Crippen LogP contribution in [0.2, 0.25) is 0 Å². The van der Waals surface area contributed by atoms with Crippen LogP contribution in [0.3, 0.4) is 0 Å². The Bertz CT molecular complexity index is 616. The summed E-state index contributed by atoms with van der Waals surface area (Å²) in [6.07, 6.45) is 1.82. The first-order valence-electron chi connectivity index (χ1n) is 5.58. The van der Waals surface area contributed by atoms with Crippen molar-refractivity contribution in [2.24, 2.45) is 0 Å². The van der Waals surface area contributed by atoms with Crippen molar-refractivity contribution in [1.29, 1.82) is 0 Å². The molecule has 18 heavy (non-hydrogen) atoms. The molecule has 3 nitrogen and oxygen atoms in total. The van der Waals surface area contributed by atoms with E-state index in [4.69, 9.17) is 0 Å². The van der Waals surface area contributed by atoms with E-state index in [1.807, 2.05) is 13.0 Å². The van der Waals surface area contributed by atoms with Gasteiger partial charge in [0.25, 0.3) is 5.56 Å². The second kappa shape index (κ2) is 5.83. The van der Waals surface area contributed by atoms with Gasteiger partial charge in [0, 0.05) is 9.35 Å². The molecule has 0 amide bonds. The number of hydrogen-bond donors (Lipinski definition) is 1. The summed E-state index contributed by atoms with van der Waals surface area (Å²) in [6.45, 7) is 4.13. The van der Waals surface area contributed by atoms with E-state index in [9.17, 15) is 4.79 Å². The molecule has 96 valence electrons. The number of H-pyrrole nitrogens is 1. The summed E-state index contributed by atoms with van der Waals surface area (Å²) in [5, 5.41) is 0. The molecule has 0 aromatic carbocycles. The lowest BCUT2D eigenvalue weighted by atomic mass is 10.2. The van der Waals surface area contributed by atoms with Crippen LogP contribution in [0.5, 0.6) is 0 Å². The Balaban J connectivity index is 2.55. The highest BCUT2D eigenvalue weighted by Crippen LogP contribution is 2.32. The van der Waals surface area contributed by atoms with Crippen molar-refractivity contribution in [3.05, 3.63) is 35.0 Å². The molecule has 1 N–H and O–H groups in total. The molecular weight excluding hydrogens is 427 g/mol. The van der Waals surface area contributed by atoms with Crippen LogP contribution in [0.25, 0.3) is 10.7 Å². The summed E-state index contributed by atoms with van der Waals surface area (Å²) in [5.74, 6) is 0.669. The Hall–Kier alpha value is -0.210. The molecule has 0 saturated heterocycles. The van der Waals surface area contributed by atoms with Gasteiger partial charge in [-0.05, 0) is 57.9 Å². The van der Waals surface area contributed by atoms with Crippen LogP contribution >= 0.6 is 49.9 Å². The Morgan fingerprint density at radius 1 is 1.56 bits per heavy atom. The third-order valence-electron chi connectivity index (χ3n) is 2.51. The molecule has 0 radical (unpaired) electrons. The van der Waals surface area contributed by atoms with Gasteiger partial charge in [-0.25, -0.2) is 4.98 Å². The Kier molecular flexibility index (Phi) is 4.60. The maximum atomic E-state index is 11.9. The quantitative estimate of drug-likeness (QED) is 0.732. The summed E-state index contributed by atoms with van der Waals surface area (Å²) in [4.78, 5) is 21.5. The summed E-state index contributed by atoms with van der Waals surface area (Å²) >= 11 is 7.18. The lowest BCUT2D eigenvalue weighted by Crippen LogP contribution is -2.16. The number of nitrogens with one attached hydrogen (secondary N) is 1. The first kappa shape index (κ1) is 14.2. The fourth-order valence-corrected chi connectivity index (χ4v) is 3.61. The van der Waals surface area contributed by atoms with Crippen molar-refractivity contribution in [2.45, 2.75) is 26.7 Å². The zero-order chi connectivity index (χ0) is 13.3. The first-order valence-corrected chi connectivity index (χ1v) is 8.26. The molecule has 0 spiro atoms. The minimum atomic E-state index is -0.0498. The van der Waals surface area contributed by atoms with E-state index >= 15 is 0 Å². The summed E-state index contributed by atoms with van der Waals surface area (Å²) < 4.78 is 1.76. The molecule has 2 aromatic rings. The van der Waals surface area contributed by atoms with E-state index < -0.39 is 0 Å². The normalized spacial score (nSPS) is 10.9. The number of nitrogens with zero attached hydrogens (tertiary/aromatic N) is 1. The highest BCUT2D eigenvalue weighted by molar-refractivity contribution is 14.1. The predicted molar refractivity (Wildman–Crippen MR) is 87.3 cm³/mol. The minimum absolute atomic E-state index is 0.0498.